The number of aromatic amines is 2. The van der Waals surface area contributed by atoms with Crippen LogP contribution in [0.1, 0.15) is 16.2 Å². The van der Waals surface area contributed by atoms with E-state index >= 15 is 0 Å². The Balaban J connectivity index is 0.000000162. The zero-order valence-corrected chi connectivity index (χ0v) is 11.7. The van der Waals surface area contributed by atoms with Gasteiger partial charge in [-0.1, -0.05) is 12.1 Å². The van der Waals surface area contributed by atoms with Crippen LogP contribution in [0.15, 0.2) is 48.5 Å². The van der Waals surface area contributed by atoms with E-state index in [0.717, 1.165) is 30.1 Å². The summed E-state index contributed by atoms with van der Waals surface area (Å²) >= 11 is 0. The van der Waals surface area contributed by atoms with Gasteiger partial charge in [0.25, 0.3) is 5.69 Å². The van der Waals surface area contributed by atoms with E-state index in [1.165, 1.54) is 11.0 Å². The summed E-state index contributed by atoms with van der Waals surface area (Å²) in [5.41, 5.74) is 2.13. The highest BCUT2D eigenvalue weighted by Gasteiger charge is 2.03. The van der Waals surface area contributed by atoms with Gasteiger partial charge < -0.3 is 9.90 Å². The van der Waals surface area contributed by atoms with Gasteiger partial charge >= 0.3 is 0 Å². The van der Waals surface area contributed by atoms with E-state index in [9.17, 15) is 20.0 Å². The molecule has 3 aromatic rings. The minimum Gasteiger partial charge on any atom is -0.545 e. The summed E-state index contributed by atoms with van der Waals surface area (Å²) in [4.78, 5) is 26.1. The molecule has 2 N–H and O–H groups in total. The van der Waals surface area contributed by atoms with Crippen molar-refractivity contribution in [2.75, 3.05) is 0 Å². The number of carboxylic acids is 1. The number of benzene rings is 2. The summed E-state index contributed by atoms with van der Waals surface area (Å²) in [5, 5.41) is 20.3. The number of hydrogen-bond acceptors (Lipinski definition) is 4. The lowest BCUT2D eigenvalue weighted by Crippen LogP contribution is -2.21. The number of rotatable bonds is 2. The van der Waals surface area contributed by atoms with Gasteiger partial charge in [0.1, 0.15) is 0 Å². The molecular formula is C15H13N3O4. The number of non-ortho nitro benzene ring substituents is 1. The number of nitro groups is 1. The summed E-state index contributed by atoms with van der Waals surface area (Å²) in [6, 6.07) is 12.6. The highest BCUT2D eigenvalue weighted by molar-refractivity contribution is 5.85. The first-order chi connectivity index (χ1) is 10.5. The van der Waals surface area contributed by atoms with Crippen LogP contribution in [0.2, 0.25) is 0 Å². The van der Waals surface area contributed by atoms with E-state index in [1.807, 2.05) is 19.1 Å². The molecule has 7 heteroatoms. The van der Waals surface area contributed by atoms with Crippen LogP contribution in [0, 0.1) is 17.0 Å². The number of nitrogens with zero attached hydrogens (tertiary/aromatic N) is 1. The summed E-state index contributed by atoms with van der Waals surface area (Å²) in [6.07, 6.45) is 0. The highest BCUT2D eigenvalue weighted by Crippen LogP contribution is 2.10. The number of nitrogens with one attached hydrogen (secondary N) is 2. The van der Waals surface area contributed by atoms with Gasteiger partial charge in [0.05, 0.1) is 10.9 Å². The molecule has 0 aliphatic rings. The van der Waals surface area contributed by atoms with E-state index in [0.29, 0.717) is 0 Å². The van der Waals surface area contributed by atoms with Gasteiger partial charge in [-0.05, 0) is 29.8 Å². The van der Waals surface area contributed by atoms with Crippen molar-refractivity contribution < 1.29 is 19.8 Å². The molecule has 22 heavy (non-hydrogen) atoms. The molecule has 0 unspecified atom stereocenters. The number of carbonyl (C=O) groups is 1. The quantitative estimate of drug-likeness (QED) is 0.566. The molecule has 0 radical (unpaired) electrons. The number of H-pyrrole nitrogens is 2. The number of nitro benzene ring substituents is 1. The number of aromatic nitrogens is 2. The van der Waals surface area contributed by atoms with Crippen LogP contribution in [-0.2, 0) is 0 Å². The van der Waals surface area contributed by atoms with E-state index < -0.39 is 10.9 Å². The van der Waals surface area contributed by atoms with Gasteiger partial charge in [0, 0.05) is 19.1 Å². The maximum absolute atomic E-state index is 10.2. The molecule has 0 aliphatic heterocycles. The van der Waals surface area contributed by atoms with Gasteiger partial charge in [-0.25, -0.2) is 9.97 Å². The molecular weight excluding hydrogens is 286 g/mol. The molecule has 3 rings (SSSR count). The van der Waals surface area contributed by atoms with Crippen molar-refractivity contribution in [3.8, 4) is 0 Å². The van der Waals surface area contributed by atoms with Crippen LogP contribution in [0.4, 0.5) is 5.69 Å². The number of carboxylic acid groups (broad SMARTS) is 1. The van der Waals surface area contributed by atoms with Gasteiger partial charge in [0.15, 0.2) is 11.0 Å². The maximum atomic E-state index is 10.2. The zero-order valence-electron chi connectivity index (χ0n) is 11.7. The molecule has 0 spiro atoms. The second-order valence-corrected chi connectivity index (χ2v) is 4.51. The standard InChI is InChI=1S/C8H8N2.C7H5NO4/c1-6-9-7-4-2-3-5-8(7)10-6;9-7(10)5-1-3-6(4-2-5)8(11)12/h2-5H,1H3,(H,9,10);1-4H,(H,9,10). The summed E-state index contributed by atoms with van der Waals surface area (Å²) in [5.74, 6) is -0.244. The molecule has 0 amide bonds. The average Bonchev–Trinajstić information content (AvgIpc) is 2.88. The monoisotopic (exact) mass is 299 g/mol. The molecule has 0 aliphatic carbocycles. The van der Waals surface area contributed by atoms with Crippen LogP contribution in [0.25, 0.3) is 11.0 Å². The molecule has 112 valence electrons. The number of aryl methyl sites for hydroxylation is 1. The predicted molar refractivity (Wildman–Crippen MR) is 77.0 cm³/mol. The SMILES string of the molecule is Cc1[nH]c2ccccc2[nH+]1.O=C([O-])c1ccc([N+](=O)[O-])cc1. The van der Waals surface area contributed by atoms with Crippen molar-refractivity contribution in [3.05, 3.63) is 70.0 Å². The topological polar surface area (TPSA) is 113 Å². The number of carbonyl (C=O) groups excluding carboxylic acids is 1. The smallest absolute Gasteiger partial charge is 0.269 e. The Morgan fingerprint density at radius 2 is 1.77 bits per heavy atom. The number of aromatic carboxylic acids is 1. The Morgan fingerprint density at radius 3 is 2.32 bits per heavy atom. The Bertz CT molecular complexity index is 743. The van der Waals surface area contributed by atoms with Crippen molar-refractivity contribution in [2.24, 2.45) is 0 Å². The van der Waals surface area contributed by atoms with Crippen molar-refractivity contribution >= 4 is 22.7 Å². The van der Waals surface area contributed by atoms with Crippen LogP contribution < -0.4 is 10.1 Å². The molecule has 0 saturated heterocycles. The Hall–Kier alpha value is -3.22. The number of hydrogen-bond donors (Lipinski definition) is 1. The Labute approximate surface area is 125 Å². The lowest BCUT2D eigenvalue weighted by Gasteiger charge is -1.99. The van der Waals surface area contributed by atoms with Crippen LogP contribution in [0.5, 0.6) is 0 Å². The second kappa shape index (κ2) is 6.49. The predicted octanol–water partition coefficient (Wildman–Crippen LogP) is 1.25. The Morgan fingerprint density at radius 1 is 1.14 bits per heavy atom. The molecule has 2 aromatic carbocycles. The minimum atomic E-state index is -1.34. The third-order valence-electron chi connectivity index (χ3n) is 2.89. The van der Waals surface area contributed by atoms with Crippen LogP contribution in [0.3, 0.4) is 0 Å². The number of imidazole rings is 1. The third-order valence-corrected chi connectivity index (χ3v) is 2.89. The van der Waals surface area contributed by atoms with Gasteiger partial charge in [-0.15, -0.1) is 0 Å². The first-order valence-corrected chi connectivity index (χ1v) is 6.40. The number of para-hydroxylation sites is 2. The fourth-order valence-corrected chi connectivity index (χ4v) is 1.86. The van der Waals surface area contributed by atoms with Crippen molar-refractivity contribution in [1.29, 1.82) is 0 Å². The molecule has 1 heterocycles. The van der Waals surface area contributed by atoms with Gasteiger partial charge in [0.2, 0.25) is 5.82 Å². The van der Waals surface area contributed by atoms with Crippen LogP contribution in [-0.4, -0.2) is 15.9 Å². The van der Waals surface area contributed by atoms with Gasteiger partial charge in [-0.2, -0.15) is 0 Å². The number of fused-ring (bicyclic) bond motifs is 1. The van der Waals surface area contributed by atoms with E-state index in [4.69, 9.17) is 0 Å². The normalized spacial score (nSPS) is 9.86. The van der Waals surface area contributed by atoms with E-state index in [-0.39, 0.29) is 11.3 Å². The van der Waals surface area contributed by atoms with Crippen LogP contribution >= 0.6 is 0 Å². The van der Waals surface area contributed by atoms with Gasteiger partial charge in [-0.3, -0.25) is 10.1 Å². The zero-order chi connectivity index (χ0) is 16.1. The first-order valence-electron chi connectivity index (χ1n) is 6.40. The molecule has 0 saturated carbocycles. The highest BCUT2D eigenvalue weighted by atomic mass is 16.6. The molecule has 1 aromatic heterocycles. The minimum absolute atomic E-state index is 0.0689. The van der Waals surface area contributed by atoms with E-state index in [2.05, 4.69) is 22.1 Å². The third kappa shape index (κ3) is 3.66. The fraction of sp³-hybridized carbons (Fsp3) is 0.0667. The van der Waals surface area contributed by atoms with Crippen molar-refractivity contribution in [1.82, 2.24) is 4.98 Å². The van der Waals surface area contributed by atoms with Crippen molar-refractivity contribution in [3.63, 3.8) is 0 Å². The van der Waals surface area contributed by atoms with Crippen molar-refractivity contribution in [2.45, 2.75) is 6.92 Å². The molecule has 0 atom stereocenters. The summed E-state index contributed by atoms with van der Waals surface area (Å²) in [6.45, 7) is 2.01. The summed E-state index contributed by atoms with van der Waals surface area (Å²) in [7, 11) is 0. The Kier molecular flexibility index (Phi) is 4.47. The maximum Gasteiger partial charge on any atom is 0.269 e. The van der Waals surface area contributed by atoms with E-state index in [1.54, 1.807) is 0 Å². The fourth-order valence-electron chi connectivity index (χ4n) is 1.86. The first kappa shape index (κ1) is 15.2. The molecule has 0 bridgehead atoms. The molecule has 7 nitrogen and oxygen atoms in total. The summed E-state index contributed by atoms with van der Waals surface area (Å²) < 4.78 is 0. The largest absolute Gasteiger partial charge is 0.545 e. The lowest BCUT2D eigenvalue weighted by atomic mass is 10.2. The molecule has 0 fully saturated rings. The average molecular weight is 299 g/mol. The second-order valence-electron chi connectivity index (χ2n) is 4.51. The lowest BCUT2D eigenvalue weighted by molar-refractivity contribution is -0.384.